The van der Waals surface area contributed by atoms with Crippen LogP contribution in [0.3, 0.4) is 0 Å². The Balaban J connectivity index is 1.75. The Morgan fingerprint density at radius 2 is 2.19 bits per heavy atom. The number of carbonyl (C=O) groups excluding carboxylic acids is 1. The number of aromatic nitrogens is 3. The highest BCUT2D eigenvalue weighted by atomic mass is 16.5. The summed E-state index contributed by atoms with van der Waals surface area (Å²) in [6, 6.07) is 1.66. The first-order chi connectivity index (χ1) is 10.1. The summed E-state index contributed by atoms with van der Waals surface area (Å²) in [4.78, 5) is 18.6. The molecule has 1 atom stereocenters. The molecule has 0 saturated carbocycles. The number of hydrogen-bond acceptors (Lipinski definition) is 6. The summed E-state index contributed by atoms with van der Waals surface area (Å²) in [5.74, 6) is 1.71. The van der Waals surface area contributed by atoms with Gasteiger partial charge in [-0.25, -0.2) is 0 Å². The van der Waals surface area contributed by atoms with Crippen LogP contribution in [0.2, 0.25) is 0 Å². The zero-order valence-corrected chi connectivity index (χ0v) is 12.2. The third kappa shape index (κ3) is 2.96. The van der Waals surface area contributed by atoms with Crippen LogP contribution in [0.25, 0.3) is 0 Å². The minimum absolute atomic E-state index is 0.00621. The fourth-order valence-corrected chi connectivity index (χ4v) is 2.69. The van der Waals surface area contributed by atoms with Crippen molar-refractivity contribution in [2.24, 2.45) is 0 Å². The van der Waals surface area contributed by atoms with E-state index < -0.39 is 0 Å². The Morgan fingerprint density at radius 3 is 2.86 bits per heavy atom. The molecule has 0 radical (unpaired) electrons. The summed E-state index contributed by atoms with van der Waals surface area (Å²) in [6.07, 6.45) is 3.11. The van der Waals surface area contributed by atoms with Gasteiger partial charge in [-0.3, -0.25) is 4.79 Å². The summed E-state index contributed by atoms with van der Waals surface area (Å²) in [6.45, 7) is 4.32. The van der Waals surface area contributed by atoms with Gasteiger partial charge in [0.2, 0.25) is 11.8 Å². The van der Waals surface area contributed by atoms with Crippen molar-refractivity contribution in [2.45, 2.75) is 45.6 Å². The van der Waals surface area contributed by atoms with Crippen molar-refractivity contribution >= 4 is 5.91 Å². The molecule has 7 heteroatoms. The summed E-state index contributed by atoms with van der Waals surface area (Å²) in [7, 11) is 0. The summed E-state index contributed by atoms with van der Waals surface area (Å²) in [5, 5.41) is 7.63. The number of carbonyl (C=O) groups is 1. The fourth-order valence-electron chi connectivity index (χ4n) is 2.69. The number of likely N-dealkylation sites (tertiary alicyclic amines) is 1. The molecule has 21 heavy (non-hydrogen) atoms. The van der Waals surface area contributed by atoms with Crippen molar-refractivity contribution in [3.05, 3.63) is 29.2 Å². The molecular formula is C14H18N4O3. The van der Waals surface area contributed by atoms with Crippen LogP contribution in [0.4, 0.5) is 0 Å². The van der Waals surface area contributed by atoms with Gasteiger partial charge in [-0.15, -0.1) is 0 Å². The summed E-state index contributed by atoms with van der Waals surface area (Å²) >= 11 is 0. The minimum Gasteiger partial charge on any atom is -0.361 e. The van der Waals surface area contributed by atoms with Crippen LogP contribution in [0, 0.1) is 13.8 Å². The molecule has 7 nitrogen and oxygen atoms in total. The lowest BCUT2D eigenvalue weighted by Gasteiger charge is -2.33. The van der Waals surface area contributed by atoms with E-state index in [1.165, 1.54) is 0 Å². The van der Waals surface area contributed by atoms with Gasteiger partial charge in [-0.2, -0.15) is 4.98 Å². The Hall–Kier alpha value is -2.18. The molecule has 0 aromatic carbocycles. The van der Waals surface area contributed by atoms with Crippen molar-refractivity contribution in [1.82, 2.24) is 20.2 Å². The quantitative estimate of drug-likeness (QED) is 0.859. The van der Waals surface area contributed by atoms with E-state index in [2.05, 4.69) is 15.3 Å². The van der Waals surface area contributed by atoms with Crippen LogP contribution in [-0.4, -0.2) is 32.6 Å². The number of amides is 1. The summed E-state index contributed by atoms with van der Waals surface area (Å²) < 4.78 is 10.4. The predicted octanol–water partition coefficient (Wildman–Crippen LogP) is 1.97. The predicted molar refractivity (Wildman–Crippen MR) is 72.3 cm³/mol. The maximum atomic E-state index is 12.5. The molecular weight excluding hydrogens is 272 g/mol. The topological polar surface area (TPSA) is 85.3 Å². The third-order valence-electron chi connectivity index (χ3n) is 3.65. The first kappa shape index (κ1) is 13.8. The second-order valence-corrected chi connectivity index (χ2v) is 5.39. The number of nitrogens with zero attached hydrogens (tertiary/aromatic N) is 4. The number of aryl methyl sites for hydroxylation is 2. The van der Waals surface area contributed by atoms with Crippen LogP contribution in [0.1, 0.15) is 48.5 Å². The van der Waals surface area contributed by atoms with E-state index in [1.807, 2.05) is 11.8 Å². The lowest BCUT2D eigenvalue weighted by molar-refractivity contribution is -0.135. The molecule has 2 aromatic heterocycles. The van der Waals surface area contributed by atoms with Crippen molar-refractivity contribution < 1.29 is 13.8 Å². The largest absolute Gasteiger partial charge is 0.361 e. The fraction of sp³-hybridized carbons (Fsp3) is 0.571. The van der Waals surface area contributed by atoms with E-state index in [-0.39, 0.29) is 18.4 Å². The molecule has 1 aliphatic heterocycles. The van der Waals surface area contributed by atoms with Crippen LogP contribution >= 0.6 is 0 Å². The first-order valence-electron chi connectivity index (χ1n) is 7.15. The van der Waals surface area contributed by atoms with Crippen LogP contribution in [0.5, 0.6) is 0 Å². The molecule has 1 saturated heterocycles. The molecule has 1 aliphatic rings. The smallest absolute Gasteiger partial charge is 0.249 e. The van der Waals surface area contributed by atoms with E-state index in [1.54, 1.807) is 13.0 Å². The minimum atomic E-state index is -0.128. The van der Waals surface area contributed by atoms with Crippen molar-refractivity contribution in [3.63, 3.8) is 0 Å². The van der Waals surface area contributed by atoms with Crippen molar-refractivity contribution in [3.8, 4) is 0 Å². The Kier molecular flexibility index (Phi) is 3.72. The molecule has 0 bridgehead atoms. The molecule has 3 rings (SSSR count). The van der Waals surface area contributed by atoms with Gasteiger partial charge in [-0.1, -0.05) is 10.3 Å². The second kappa shape index (κ2) is 5.67. The van der Waals surface area contributed by atoms with E-state index in [0.29, 0.717) is 24.0 Å². The molecule has 1 fully saturated rings. The second-order valence-electron chi connectivity index (χ2n) is 5.39. The first-order valence-corrected chi connectivity index (χ1v) is 7.15. The zero-order chi connectivity index (χ0) is 14.8. The highest BCUT2D eigenvalue weighted by Gasteiger charge is 2.32. The number of hydrogen-bond donors (Lipinski definition) is 0. The number of piperidine rings is 1. The van der Waals surface area contributed by atoms with E-state index in [9.17, 15) is 4.79 Å². The van der Waals surface area contributed by atoms with Gasteiger partial charge in [-0.05, 0) is 33.1 Å². The average Bonchev–Trinajstić information content (AvgIpc) is 3.07. The van der Waals surface area contributed by atoms with Gasteiger partial charge >= 0.3 is 0 Å². The van der Waals surface area contributed by atoms with Gasteiger partial charge in [0.05, 0.1) is 12.1 Å². The van der Waals surface area contributed by atoms with Crippen LogP contribution in [-0.2, 0) is 11.2 Å². The van der Waals surface area contributed by atoms with E-state index in [0.717, 1.165) is 25.0 Å². The van der Waals surface area contributed by atoms with Gasteiger partial charge in [0, 0.05) is 12.6 Å². The van der Waals surface area contributed by atoms with Gasteiger partial charge in [0.1, 0.15) is 11.8 Å². The molecule has 0 N–H and O–H groups in total. The van der Waals surface area contributed by atoms with Gasteiger partial charge in [0.15, 0.2) is 5.82 Å². The highest BCUT2D eigenvalue weighted by molar-refractivity contribution is 5.78. The normalized spacial score (nSPS) is 19.0. The standard InChI is InChI=1S/C14H18N4O3/c1-9-7-11(20-16-9)8-13(19)18-6-4-3-5-12(18)14-15-10(2)17-21-14/h7,12H,3-6,8H2,1-2H3/t12-/m1/s1. The van der Waals surface area contributed by atoms with Crippen LogP contribution in [0.15, 0.2) is 15.1 Å². The van der Waals surface area contributed by atoms with Crippen LogP contribution < -0.4 is 0 Å². The summed E-state index contributed by atoms with van der Waals surface area (Å²) in [5.41, 5.74) is 0.778. The molecule has 1 amide bonds. The maximum absolute atomic E-state index is 12.5. The average molecular weight is 290 g/mol. The Labute approximate surface area is 122 Å². The van der Waals surface area contributed by atoms with Crippen molar-refractivity contribution in [2.75, 3.05) is 6.54 Å². The third-order valence-corrected chi connectivity index (χ3v) is 3.65. The van der Waals surface area contributed by atoms with Gasteiger partial charge in [0.25, 0.3) is 0 Å². The molecule has 0 unspecified atom stereocenters. The lowest BCUT2D eigenvalue weighted by Crippen LogP contribution is -2.39. The Morgan fingerprint density at radius 1 is 1.33 bits per heavy atom. The monoisotopic (exact) mass is 290 g/mol. The SMILES string of the molecule is Cc1cc(CC(=O)N2CCCC[C@@H]2c2nc(C)no2)on1. The molecule has 0 spiro atoms. The molecule has 0 aliphatic carbocycles. The van der Waals surface area contributed by atoms with E-state index >= 15 is 0 Å². The molecule has 2 aromatic rings. The zero-order valence-electron chi connectivity index (χ0n) is 12.2. The van der Waals surface area contributed by atoms with Gasteiger partial charge < -0.3 is 13.9 Å². The molecule has 112 valence electrons. The molecule has 3 heterocycles. The number of rotatable bonds is 3. The Bertz CT molecular complexity index is 634. The lowest BCUT2D eigenvalue weighted by atomic mass is 10.0. The van der Waals surface area contributed by atoms with E-state index in [4.69, 9.17) is 9.05 Å². The van der Waals surface area contributed by atoms with Crippen molar-refractivity contribution in [1.29, 1.82) is 0 Å². The maximum Gasteiger partial charge on any atom is 0.249 e. The highest BCUT2D eigenvalue weighted by Crippen LogP contribution is 2.30.